The fourth-order valence-electron chi connectivity index (χ4n) is 2.60. The van der Waals surface area contributed by atoms with E-state index in [-0.39, 0.29) is 18.7 Å². The van der Waals surface area contributed by atoms with Crippen molar-refractivity contribution in [3.05, 3.63) is 60.3 Å². The van der Waals surface area contributed by atoms with Gasteiger partial charge in [0.25, 0.3) is 0 Å². The van der Waals surface area contributed by atoms with E-state index in [0.717, 1.165) is 17.8 Å². The summed E-state index contributed by atoms with van der Waals surface area (Å²) in [4.78, 5) is 8.94. The summed E-state index contributed by atoms with van der Waals surface area (Å²) in [5, 5.41) is 15.8. The molecule has 0 radical (unpaired) electrons. The van der Waals surface area contributed by atoms with Crippen LogP contribution in [0.5, 0.6) is 0 Å². The summed E-state index contributed by atoms with van der Waals surface area (Å²) in [6.07, 6.45) is 2.53. The van der Waals surface area contributed by atoms with E-state index in [0.29, 0.717) is 23.9 Å². The van der Waals surface area contributed by atoms with E-state index in [4.69, 9.17) is 5.73 Å². The minimum absolute atomic E-state index is 0.0359. The van der Waals surface area contributed by atoms with Gasteiger partial charge in [0.1, 0.15) is 17.3 Å². The van der Waals surface area contributed by atoms with Crippen molar-refractivity contribution in [2.24, 2.45) is 10.7 Å². The summed E-state index contributed by atoms with van der Waals surface area (Å²) >= 11 is 0. The van der Waals surface area contributed by atoms with Crippen molar-refractivity contribution in [2.75, 3.05) is 11.9 Å². The molecule has 1 aromatic carbocycles. The molecule has 7 nitrogen and oxygen atoms in total. The third-order valence-corrected chi connectivity index (χ3v) is 4.23. The molecular formula is C20H30N6O. The van der Waals surface area contributed by atoms with Crippen LogP contribution in [-0.4, -0.2) is 33.1 Å². The summed E-state index contributed by atoms with van der Waals surface area (Å²) in [5.74, 6) is 1.67. The highest BCUT2D eigenvalue weighted by Crippen LogP contribution is 2.21. The smallest absolute Gasteiger partial charge is 0.148 e. The van der Waals surface area contributed by atoms with E-state index >= 15 is 0 Å². The van der Waals surface area contributed by atoms with Crippen LogP contribution < -0.4 is 16.4 Å². The predicted molar refractivity (Wildman–Crippen MR) is 111 cm³/mol. The van der Waals surface area contributed by atoms with Crippen LogP contribution in [0.25, 0.3) is 0 Å². The monoisotopic (exact) mass is 370 g/mol. The average molecular weight is 371 g/mol. The number of nitrogens with zero attached hydrogens (tertiary/aromatic N) is 3. The molecule has 7 heteroatoms. The molecule has 0 saturated carbocycles. The summed E-state index contributed by atoms with van der Waals surface area (Å²) in [7, 11) is 0. The van der Waals surface area contributed by atoms with Gasteiger partial charge in [-0.05, 0) is 25.8 Å². The molecule has 1 atom stereocenters. The number of rotatable bonds is 10. The van der Waals surface area contributed by atoms with Crippen molar-refractivity contribution >= 4 is 11.7 Å². The van der Waals surface area contributed by atoms with Crippen LogP contribution in [0, 0.1) is 0 Å². The number of benzene rings is 1. The fraction of sp³-hybridized carbons (Fsp3) is 0.400. The maximum absolute atomic E-state index is 9.38. The third-order valence-electron chi connectivity index (χ3n) is 4.23. The highest BCUT2D eigenvalue weighted by Gasteiger charge is 2.17. The van der Waals surface area contributed by atoms with E-state index in [1.165, 1.54) is 0 Å². The molecule has 146 valence electrons. The van der Waals surface area contributed by atoms with Crippen molar-refractivity contribution in [1.29, 1.82) is 0 Å². The molecule has 2 rings (SSSR count). The molecular weight excluding hydrogens is 340 g/mol. The zero-order valence-electron chi connectivity index (χ0n) is 16.3. The predicted octanol–water partition coefficient (Wildman–Crippen LogP) is 2.61. The number of aliphatic imine (C=N–C) groups is 1. The molecule has 1 aromatic heterocycles. The topological polar surface area (TPSA) is 100 Å². The number of anilines is 1. The lowest BCUT2D eigenvalue weighted by Gasteiger charge is -2.21. The second kappa shape index (κ2) is 9.78. The summed E-state index contributed by atoms with van der Waals surface area (Å²) in [6.45, 7) is 10.7. The number of aliphatic hydroxyl groups is 1. The number of imidazole rings is 1. The van der Waals surface area contributed by atoms with Gasteiger partial charge in [-0.25, -0.2) is 4.98 Å². The quantitative estimate of drug-likeness (QED) is 0.380. The Labute approximate surface area is 161 Å². The largest absolute Gasteiger partial charge is 0.394 e. The highest BCUT2D eigenvalue weighted by molar-refractivity contribution is 6.00. The van der Waals surface area contributed by atoms with Gasteiger partial charge in [-0.1, -0.05) is 43.8 Å². The highest BCUT2D eigenvalue weighted by atomic mass is 16.3. The number of aliphatic hydroxyl groups excluding tert-OH is 1. The number of hydrogen-bond acceptors (Lipinski definition) is 5. The maximum atomic E-state index is 9.38. The van der Waals surface area contributed by atoms with Crippen molar-refractivity contribution < 1.29 is 5.11 Å². The van der Waals surface area contributed by atoms with Gasteiger partial charge in [0.2, 0.25) is 0 Å². The number of nitrogens with two attached hydrogens (primary N) is 1. The molecule has 5 N–H and O–H groups in total. The van der Waals surface area contributed by atoms with Crippen LogP contribution in [0.4, 0.5) is 5.82 Å². The zero-order chi connectivity index (χ0) is 19.8. The Bertz CT molecular complexity index is 762. The van der Waals surface area contributed by atoms with Gasteiger partial charge in [-0.3, -0.25) is 4.99 Å². The van der Waals surface area contributed by atoms with Gasteiger partial charge in [0, 0.05) is 6.04 Å². The molecule has 0 amide bonds. The summed E-state index contributed by atoms with van der Waals surface area (Å²) in [5.41, 5.74) is 7.90. The van der Waals surface area contributed by atoms with Crippen molar-refractivity contribution in [1.82, 2.24) is 14.9 Å². The lowest BCUT2D eigenvalue weighted by Crippen LogP contribution is -2.34. The van der Waals surface area contributed by atoms with Crippen LogP contribution in [0.2, 0.25) is 0 Å². The minimum atomic E-state index is -0.0621. The Balaban J connectivity index is 2.22. The molecule has 0 spiro atoms. The maximum Gasteiger partial charge on any atom is 0.148 e. The normalized spacial score (nSPS) is 12.9. The van der Waals surface area contributed by atoms with Gasteiger partial charge in [0.05, 0.1) is 31.3 Å². The molecule has 0 aliphatic heterocycles. The van der Waals surface area contributed by atoms with Gasteiger partial charge in [0.15, 0.2) is 0 Å². The fourth-order valence-corrected chi connectivity index (χ4v) is 2.60. The molecule has 1 heterocycles. The summed E-state index contributed by atoms with van der Waals surface area (Å²) in [6, 6.07) is 10.1. The zero-order valence-corrected chi connectivity index (χ0v) is 16.3. The molecule has 27 heavy (non-hydrogen) atoms. The van der Waals surface area contributed by atoms with E-state index in [1.807, 2.05) is 41.8 Å². The Kier molecular flexibility index (Phi) is 7.43. The van der Waals surface area contributed by atoms with Gasteiger partial charge >= 0.3 is 0 Å². The van der Waals surface area contributed by atoms with Crippen LogP contribution in [0.3, 0.4) is 0 Å². The Morgan fingerprint density at radius 2 is 2.04 bits per heavy atom. The molecule has 0 fully saturated rings. The molecule has 0 bridgehead atoms. The van der Waals surface area contributed by atoms with Crippen LogP contribution in [-0.2, 0) is 6.54 Å². The van der Waals surface area contributed by atoms with Crippen LogP contribution in [0.1, 0.15) is 44.5 Å². The Morgan fingerprint density at radius 3 is 2.63 bits per heavy atom. The lowest BCUT2D eigenvalue weighted by atomic mass is 10.2. The average Bonchev–Trinajstić information content (AvgIpc) is 3.08. The molecule has 2 aromatic rings. The van der Waals surface area contributed by atoms with Gasteiger partial charge in [-0.2, -0.15) is 0 Å². The standard InChI is InChI=1S/C20H30N6O/c1-5-17(12-27)24-15(4)25-20-18(23-13-26(20)14(2)3)19(21)22-11-16-9-7-6-8-10-16/h6-10,13-14,17,24-25,27H,4-5,11-12H2,1-3H3,(H2,21,22)/t17-/m0/s1. The number of amidine groups is 1. The minimum Gasteiger partial charge on any atom is -0.394 e. The van der Waals surface area contributed by atoms with E-state index in [9.17, 15) is 5.11 Å². The molecule has 0 aliphatic rings. The third kappa shape index (κ3) is 5.59. The molecule has 0 aliphatic carbocycles. The first-order valence-electron chi connectivity index (χ1n) is 9.20. The summed E-state index contributed by atoms with van der Waals surface area (Å²) < 4.78 is 1.98. The van der Waals surface area contributed by atoms with Gasteiger partial charge in [-0.15, -0.1) is 0 Å². The number of nitrogens with one attached hydrogen (secondary N) is 2. The van der Waals surface area contributed by atoms with Crippen molar-refractivity contribution in [3.63, 3.8) is 0 Å². The van der Waals surface area contributed by atoms with Gasteiger partial charge < -0.3 is 26.0 Å². The second-order valence-electron chi connectivity index (χ2n) is 6.67. The lowest BCUT2D eigenvalue weighted by molar-refractivity contribution is 0.247. The van der Waals surface area contributed by atoms with Crippen LogP contribution >= 0.6 is 0 Å². The number of hydrogen-bond donors (Lipinski definition) is 4. The first-order valence-corrected chi connectivity index (χ1v) is 9.20. The first-order chi connectivity index (χ1) is 13.0. The first kappa shape index (κ1) is 20.5. The number of aromatic nitrogens is 2. The van der Waals surface area contributed by atoms with E-state index in [1.54, 1.807) is 6.33 Å². The molecule has 0 saturated heterocycles. The Hall–Kier alpha value is -2.80. The molecule has 0 unspecified atom stereocenters. The van der Waals surface area contributed by atoms with E-state index in [2.05, 4.69) is 41.0 Å². The van der Waals surface area contributed by atoms with Crippen LogP contribution in [0.15, 0.2) is 54.1 Å². The second-order valence-corrected chi connectivity index (χ2v) is 6.67. The van der Waals surface area contributed by atoms with Crippen molar-refractivity contribution in [3.8, 4) is 0 Å². The Morgan fingerprint density at radius 1 is 1.33 bits per heavy atom. The van der Waals surface area contributed by atoms with Crippen molar-refractivity contribution in [2.45, 2.75) is 45.8 Å². The SMILES string of the molecule is C=C(Nc1c(C(N)=NCc2ccccc2)ncn1C(C)C)N[C@@H](CC)CO. The van der Waals surface area contributed by atoms with E-state index < -0.39 is 0 Å².